The minimum atomic E-state index is -4.82. The van der Waals surface area contributed by atoms with E-state index in [0.717, 1.165) is 17.7 Å². The summed E-state index contributed by atoms with van der Waals surface area (Å²) >= 11 is 0. The predicted molar refractivity (Wildman–Crippen MR) is 125 cm³/mol. The Bertz CT molecular complexity index is 1080. The first-order valence-electron chi connectivity index (χ1n) is 10.8. The number of nitrogens with zero attached hydrogens (tertiary/aromatic N) is 2. The molecule has 0 spiro atoms. The summed E-state index contributed by atoms with van der Waals surface area (Å²) in [5.41, 5.74) is 1.21. The van der Waals surface area contributed by atoms with Crippen molar-refractivity contribution in [3.8, 4) is 5.75 Å². The zero-order valence-corrected chi connectivity index (χ0v) is 19.9. The van der Waals surface area contributed by atoms with Gasteiger partial charge < -0.3 is 30.0 Å². The van der Waals surface area contributed by atoms with Crippen LogP contribution in [0.25, 0.3) is 0 Å². The fourth-order valence-corrected chi connectivity index (χ4v) is 2.70. The quantitative estimate of drug-likeness (QED) is 0.282. The van der Waals surface area contributed by atoms with Crippen molar-refractivity contribution in [3.63, 3.8) is 0 Å². The first-order valence-corrected chi connectivity index (χ1v) is 10.8. The summed E-state index contributed by atoms with van der Waals surface area (Å²) in [7, 11) is 0. The van der Waals surface area contributed by atoms with Gasteiger partial charge in [0.05, 0.1) is 6.61 Å². The van der Waals surface area contributed by atoms with Crippen LogP contribution in [0.4, 0.5) is 34.3 Å². The molecule has 14 heteroatoms. The highest BCUT2D eigenvalue weighted by Gasteiger charge is 2.31. The summed E-state index contributed by atoms with van der Waals surface area (Å²) in [6, 6.07) is 3.85. The number of hydrogen-bond donors (Lipinski definition) is 4. The third-order valence-corrected chi connectivity index (χ3v) is 4.22. The topological polar surface area (TPSA) is 136 Å². The number of amides is 4. The van der Waals surface area contributed by atoms with E-state index < -0.39 is 30.1 Å². The minimum Gasteiger partial charge on any atom is -0.450 e. The number of ether oxygens (including phenoxy) is 2. The highest BCUT2D eigenvalue weighted by molar-refractivity contribution is 5.99. The van der Waals surface area contributed by atoms with E-state index >= 15 is 0 Å². The molecule has 4 N–H and O–H groups in total. The van der Waals surface area contributed by atoms with Crippen LogP contribution in [0.1, 0.15) is 31.4 Å². The van der Waals surface area contributed by atoms with Gasteiger partial charge in [-0.1, -0.05) is 11.6 Å². The van der Waals surface area contributed by atoms with Crippen LogP contribution >= 0.6 is 0 Å². The second kappa shape index (κ2) is 13.0. The summed E-state index contributed by atoms with van der Waals surface area (Å²) in [5, 5.41) is 10.0. The zero-order chi connectivity index (χ0) is 26.7. The van der Waals surface area contributed by atoms with Crippen molar-refractivity contribution in [2.24, 2.45) is 0 Å². The molecule has 11 nitrogen and oxygen atoms in total. The van der Waals surface area contributed by atoms with Gasteiger partial charge in [-0.3, -0.25) is 10.1 Å². The molecule has 2 rings (SSSR count). The molecule has 196 valence electrons. The molecule has 0 aliphatic carbocycles. The zero-order valence-electron chi connectivity index (χ0n) is 19.9. The van der Waals surface area contributed by atoms with E-state index in [0.29, 0.717) is 6.54 Å². The van der Waals surface area contributed by atoms with E-state index in [9.17, 15) is 27.6 Å². The molecule has 0 aliphatic heterocycles. The third kappa shape index (κ3) is 9.95. The van der Waals surface area contributed by atoms with Crippen molar-refractivity contribution in [2.75, 3.05) is 30.3 Å². The van der Waals surface area contributed by atoms with E-state index in [2.05, 4.69) is 31.0 Å². The van der Waals surface area contributed by atoms with Gasteiger partial charge in [0.25, 0.3) is 5.91 Å². The summed E-state index contributed by atoms with van der Waals surface area (Å²) in [5.74, 6) is -0.870. The lowest BCUT2D eigenvalue weighted by Gasteiger charge is -2.10. The van der Waals surface area contributed by atoms with Crippen LogP contribution in [0.15, 0.2) is 42.1 Å². The summed E-state index contributed by atoms with van der Waals surface area (Å²) in [4.78, 5) is 40.4. The van der Waals surface area contributed by atoms with E-state index in [1.807, 2.05) is 19.9 Å². The van der Waals surface area contributed by atoms with Crippen LogP contribution in [0.3, 0.4) is 0 Å². The highest BCUT2D eigenvalue weighted by Crippen LogP contribution is 2.24. The molecule has 0 saturated carbocycles. The van der Waals surface area contributed by atoms with Crippen molar-refractivity contribution in [1.82, 2.24) is 20.2 Å². The molecular weight excluding hydrogens is 485 g/mol. The second-order valence-corrected chi connectivity index (χ2v) is 7.44. The predicted octanol–water partition coefficient (Wildman–Crippen LogP) is 3.87. The lowest BCUT2D eigenvalue weighted by molar-refractivity contribution is -0.274. The molecule has 0 atom stereocenters. The van der Waals surface area contributed by atoms with Crippen molar-refractivity contribution in [3.05, 3.63) is 47.9 Å². The van der Waals surface area contributed by atoms with Crippen molar-refractivity contribution in [2.45, 2.75) is 33.7 Å². The Hall–Kier alpha value is -4.23. The van der Waals surface area contributed by atoms with E-state index in [-0.39, 0.29) is 37.0 Å². The summed E-state index contributed by atoms with van der Waals surface area (Å²) < 4.78 is 46.8. The van der Waals surface area contributed by atoms with Gasteiger partial charge >= 0.3 is 18.5 Å². The SMILES string of the molecule is CCOC(=O)NCCNC(=O)c1nc(NC(=O)Nc2ccc(OC(F)(F)F)cc2)cn1CC=C(C)C. The number of benzene rings is 1. The lowest BCUT2D eigenvalue weighted by Crippen LogP contribution is -2.36. The van der Waals surface area contributed by atoms with Gasteiger partial charge in [-0.15, -0.1) is 13.2 Å². The van der Waals surface area contributed by atoms with Crippen LogP contribution in [-0.4, -0.2) is 53.6 Å². The molecule has 4 amide bonds. The smallest absolute Gasteiger partial charge is 0.450 e. The van der Waals surface area contributed by atoms with Gasteiger partial charge in [-0.25, -0.2) is 14.6 Å². The van der Waals surface area contributed by atoms with E-state index in [1.54, 1.807) is 6.92 Å². The van der Waals surface area contributed by atoms with Crippen LogP contribution in [0.2, 0.25) is 0 Å². The molecule has 36 heavy (non-hydrogen) atoms. The monoisotopic (exact) mass is 512 g/mol. The van der Waals surface area contributed by atoms with Gasteiger partial charge in [-0.2, -0.15) is 0 Å². The van der Waals surface area contributed by atoms with Crippen LogP contribution in [-0.2, 0) is 11.3 Å². The number of nitrogens with one attached hydrogen (secondary N) is 4. The van der Waals surface area contributed by atoms with Crippen LogP contribution in [0.5, 0.6) is 5.75 Å². The van der Waals surface area contributed by atoms with Gasteiger partial charge in [-0.05, 0) is 45.0 Å². The average molecular weight is 512 g/mol. The number of rotatable bonds is 10. The fourth-order valence-electron chi connectivity index (χ4n) is 2.70. The Morgan fingerprint density at radius 2 is 1.72 bits per heavy atom. The maximum absolute atomic E-state index is 12.6. The number of urea groups is 1. The Balaban J connectivity index is 2.02. The molecule has 0 unspecified atom stereocenters. The standard InChI is InChI=1S/C22H27F3N6O5/c1-4-35-21(34)27-11-10-26-19(32)18-29-17(13-31(18)12-9-14(2)3)30-20(33)28-15-5-7-16(8-6-15)36-22(23,24)25/h5-9,13H,4,10-12H2,1-3H3,(H,26,32)(H,27,34)(H2,28,30,33). The number of aromatic nitrogens is 2. The molecule has 0 aliphatic rings. The number of hydrogen-bond acceptors (Lipinski definition) is 6. The molecule has 0 bridgehead atoms. The highest BCUT2D eigenvalue weighted by atomic mass is 19.4. The second-order valence-electron chi connectivity index (χ2n) is 7.44. The third-order valence-electron chi connectivity index (χ3n) is 4.22. The number of alkyl carbamates (subject to hydrolysis) is 1. The Morgan fingerprint density at radius 1 is 1.06 bits per heavy atom. The Labute approximate surface area is 205 Å². The number of carbonyl (C=O) groups excluding carboxylic acids is 3. The van der Waals surface area contributed by atoms with Gasteiger partial charge in [0.2, 0.25) is 5.82 Å². The van der Waals surface area contributed by atoms with Crippen molar-refractivity contribution >= 4 is 29.5 Å². The normalized spacial score (nSPS) is 10.7. The summed E-state index contributed by atoms with van der Waals surface area (Å²) in [6.45, 7) is 6.22. The number of halogens is 3. The van der Waals surface area contributed by atoms with Crippen molar-refractivity contribution < 1.29 is 37.0 Å². The van der Waals surface area contributed by atoms with Crippen LogP contribution < -0.4 is 26.0 Å². The van der Waals surface area contributed by atoms with Crippen molar-refractivity contribution in [1.29, 1.82) is 0 Å². The Morgan fingerprint density at radius 3 is 2.33 bits per heavy atom. The number of imidazole rings is 1. The molecule has 0 saturated heterocycles. The molecule has 1 aromatic heterocycles. The Kier molecular flexibility index (Phi) is 10.1. The molecule has 2 aromatic rings. The van der Waals surface area contributed by atoms with E-state index in [4.69, 9.17) is 4.74 Å². The first kappa shape index (κ1) is 28.0. The first-order chi connectivity index (χ1) is 17.0. The minimum absolute atomic E-state index is 0.0209. The number of allylic oxidation sites excluding steroid dienone is 2. The maximum Gasteiger partial charge on any atom is 0.573 e. The molecular formula is C22H27F3N6O5. The largest absolute Gasteiger partial charge is 0.573 e. The lowest BCUT2D eigenvalue weighted by atomic mass is 10.3. The molecule has 1 aromatic carbocycles. The number of anilines is 2. The van der Waals surface area contributed by atoms with E-state index in [1.165, 1.54) is 22.9 Å². The maximum atomic E-state index is 12.6. The fraction of sp³-hybridized carbons (Fsp3) is 0.364. The number of alkyl halides is 3. The number of carbonyl (C=O) groups is 3. The van der Waals surface area contributed by atoms with Crippen LogP contribution in [0, 0.1) is 0 Å². The average Bonchev–Trinajstić information content (AvgIpc) is 3.18. The molecule has 0 fully saturated rings. The summed E-state index contributed by atoms with van der Waals surface area (Å²) in [6.07, 6.45) is -2.10. The molecule has 0 radical (unpaired) electrons. The van der Waals surface area contributed by atoms with Gasteiger partial charge in [0.1, 0.15) is 5.75 Å². The van der Waals surface area contributed by atoms with Gasteiger partial charge in [0, 0.05) is 31.5 Å². The van der Waals surface area contributed by atoms with Gasteiger partial charge in [0.15, 0.2) is 5.82 Å². The molecule has 1 heterocycles.